The summed E-state index contributed by atoms with van der Waals surface area (Å²) in [7, 11) is 0. The van der Waals surface area contributed by atoms with E-state index < -0.39 is 5.97 Å². The van der Waals surface area contributed by atoms with E-state index in [0.717, 1.165) is 6.42 Å². The van der Waals surface area contributed by atoms with Gasteiger partial charge >= 0.3 is 5.97 Å². The highest BCUT2D eigenvalue weighted by molar-refractivity contribution is 5.94. The summed E-state index contributed by atoms with van der Waals surface area (Å²) in [6.45, 7) is 6.79. The highest BCUT2D eigenvalue weighted by atomic mass is 16.4. The molecule has 0 aliphatic carbocycles. The number of carbonyl (C=O) groups excluding carboxylic acids is 1. The van der Waals surface area contributed by atoms with Crippen LogP contribution in [0.5, 0.6) is 0 Å². The van der Waals surface area contributed by atoms with Crippen molar-refractivity contribution in [2.45, 2.75) is 32.7 Å². The third-order valence-electron chi connectivity index (χ3n) is 3.35. The molecule has 1 aromatic rings. The minimum Gasteiger partial charge on any atom is -0.475 e. The smallest absolute Gasteiger partial charge is 0.371 e. The SMILES string of the molecule is CC1CN(C(=O)c2ccc(C(=O)O)o2)C(C)(C)C1. The first-order valence-electron chi connectivity index (χ1n) is 5.96. The van der Waals surface area contributed by atoms with Crippen LogP contribution in [-0.2, 0) is 0 Å². The Balaban J connectivity index is 2.23. The molecule has 1 atom stereocenters. The predicted molar refractivity (Wildman–Crippen MR) is 64.6 cm³/mol. The van der Waals surface area contributed by atoms with E-state index in [1.54, 1.807) is 4.90 Å². The van der Waals surface area contributed by atoms with Crippen LogP contribution in [-0.4, -0.2) is 34.0 Å². The molecular formula is C13H17NO4. The van der Waals surface area contributed by atoms with Gasteiger partial charge in [0.1, 0.15) is 0 Å². The molecule has 2 rings (SSSR count). The fourth-order valence-corrected chi connectivity index (χ4v) is 2.64. The summed E-state index contributed by atoms with van der Waals surface area (Å²) in [6.07, 6.45) is 0.936. The van der Waals surface area contributed by atoms with Crippen LogP contribution >= 0.6 is 0 Å². The van der Waals surface area contributed by atoms with E-state index in [1.165, 1.54) is 12.1 Å². The molecule has 1 amide bonds. The van der Waals surface area contributed by atoms with Gasteiger partial charge in [0.05, 0.1) is 0 Å². The molecule has 1 aliphatic rings. The molecule has 2 heterocycles. The summed E-state index contributed by atoms with van der Waals surface area (Å²) >= 11 is 0. The number of carboxylic acids is 1. The maximum absolute atomic E-state index is 12.3. The van der Waals surface area contributed by atoms with E-state index >= 15 is 0 Å². The van der Waals surface area contributed by atoms with Gasteiger partial charge in [-0.1, -0.05) is 6.92 Å². The first kappa shape index (κ1) is 12.7. The molecule has 0 aromatic carbocycles. The summed E-state index contributed by atoms with van der Waals surface area (Å²) < 4.78 is 5.06. The van der Waals surface area contributed by atoms with Gasteiger partial charge in [-0.15, -0.1) is 0 Å². The molecule has 18 heavy (non-hydrogen) atoms. The van der Waals surface area contributed by atoms with Gasteiger partial charge in [-0.3, -0.25) is 4.79 Å². The topological polar surface area (TPSA) is 70.8 Å². The minimum atomic E-state index is -1.16. The number of aromatic carboxylic acids is 1. The Morgan fingerprint density at radius 1 is 1.39 bits per heavy atom. The summed E-state index contributed by atoms with van der Waals surface area (Å²) in [6, 6.07) is 2.73. The van der Waals surface area contributed by atoms with Gasteiger partial charge in [0, 0.05) is 12.1 Å². The Morgan fingerprint density at radius 2 is 2.00 bits per heavy atom. The van der Waals surface area contributed by atoms with Crippen LogP contribution in [0.15, 0.2) is 16.5 Å². The molecule has 0 bridgehead atoms. The van der Waals surface area contributed by atoms with E-state index in [0.29, 0.717) is 12.5 Å². The van der Waals surface area contributed by atoms with Crippen LogP contribution in [0, 0.1) is 5.92 Å². The molecule has 1 unspecified atom stereocenters. The van der Waals surface area contributed by atoms with E-state index in [9.17, 15) is 9.59 Å². The zero-order valence-electron chi connectivity index (χ0n) is 10.8. The van der Waals surface area contributed by atoms with Crippen molar-refractivity contribution in [1.82, 2.24) is 4.90 Å². The fraction of sp³-hybridized carbons (Fsp3) is 0.538. The maximum Gasteiger partial charge on any atom is 0.371 e. The van der Waals surface area contributed by atoms with Gasteiger partial charge in [0.2, 0.25) is 5.76 Å². The van der Waals surface area contributed by atoms with E-state index in [1.807, 2.05) is 13.8 Å². The predicted octanol–water partition coefficient (Wildman–Crippen LogP) is 2.24. The third-order valence-corrected chi connectivity index (χ3v) is 3.35. The standard InChI is InChI=1S/C13H17NO4/c1-8-6-13(2,3)14(7-8)11(15)9-4-5-10(18-9)12(16)17/h4-5,8H,6-7H2,1-3H3,(H,16,17). The Labute approximate surface area is 105 Å². The molecule has 1 aromatic heterocycles. The van der Waals surface area contributed by atoms with E-state index in [-0.39, 0.29) is 23.0 Å². The van der Waals surface area contributed by atoms with Crippen LogP contribution in [0.2, 0.25) is 0 Å². The van der Waals surface area contributed by atoms with Crippen molar-refractivity contribution < 1.29 is 19.1 Å². The second-order valence-corrected chi connectivity index (χ2v) is 5.51. The first-order chi connectivity index (χ1) is 8.31. The Kier molecular flexibility index (Phi) is 2.92. The molecule has 5 nitrogen and oxygen atoms in total. The third kappa shape index (κ3) is 2.12. The van der Waals surface area contributed by atoms with Gasteiger partial charge in [0.25, 0.3) is 5.91 Å². The van der Waals surface area contributed by atoms with Crippen molar-refractivity contribution in [2.75, 3.05) is 6.54 Å². The van der Waals surface area contributed by atoms with Gasteiger partial charge in [0.15, 0.2) is 5.76 Å². The summed E-state index contributed by atoms with van der Waals surface area (Å²) in [5.41, 5.74) is -0.216. The van der Waals surface area contributed by atoms with Gasteiger partial charge < -0.3 is 14.4 Å². The van der Waals surface area contributed by atoms with Crippen LogP contribution in [0.4, 0.5) is 0 Å². The summed E-state index contributed by atoms with van der Waals surface area (Å²) in [5, 5.41) is 8.77. The molecule has 1 aliphatic heterocycles. The molecular weight excluding hydrogens is 234 g/mol. The monoisotopic (exact) mass is 251 g/mol. The van der Waals surface area contributed by atoms with E-state index in [2.05, 4.69) is 6.92 Å². The molecule has 1 N–H and O–H groups in total. The first-order valence-corrected chi connectivity index (χ1v) is 5.96. The lowest BCUT2D eigenvalue weighted by molar-refractivity contribution is 0.0601. The van der Waals surface area contributed by atoms with Crippen molar-refractivity contribution in [2.24, 2.45) is 5.92 Å². The van der Waals surface area contributed by atoms with Crippen LogP contribution in [0.25, 0.3) is 0 Å². The number of hydrogen-bond acceptors (Lipinski definition) is 3. The largest absolute Gasteiger partial charge is 0.475 e. The van der Waals surface area contributed by atoms with Crippen molar-refractivity contribution in [1.29, 1.82) is 0 Å². The van der Waals surface area contributed by atoms with Crippen LogP contribution in [0.3, 0.4) is 0 Å². The van der Waals surface area contributed by atoms with Gasteiger partial charge in [-0.25, -0.2) is 4.79 Å². The number of carbonyl (C=O) groups is 2. The Morgan fingerprint density at radius 3 is 2.44 bits per heavy atom. The number of rotatable bonds is 2. The lowest BCUT2D eigenvalue weighted by Crippen LogP contribution is -2.42. The average molecular weight is 251 g/mol. The second kappa shape index (κ2) is 4.15. The Bertz CT molecular complexity index is 489. The van der Waals surface area contributed by atoms with Gasteiger partial charge in [-0.05, 0) is 38.3 Å². The molecule has 0 radical (unpaired) electrons. The van der Waals surface area contributed by atoms with Crippen molar-refractivity contribution >= 4 is 11.9 Å². The highest BCUT2D eigenvalue weighted by Crippen LogP contribution is 2.33. The number of likely N-dealkylation sites (tertiary alicyclic amines) is 1. The normalized spacial score (nSPS) is 22.2. The second-order valence-electron chi connectivity index (χ2n) is 5.51. The highest BCUT2D eigenvalue weighted by Gasteiger charge is 2.40. The lowest BCUT2D eigenvalue weighted by atomic mass is 9.97. The Hall–Kier alpha value is -1.78. The molecule has 0 saturated carbocycles. The fourth-order valence-electron chi connectivity index (χ4n) is 2.64. The van der Waals surface area contributed by atoms with Crippen LogP contribution in [0.1, 0.15) is 48.3 Å². The minimum absolute atomic E-state index is 0.0922. The van der Waals surface area contributed by atoms with Crippen molar-refractivity contribution in [3.05, 3.63) is 23.7 Å². The average Bonchev–Trinajstić information content (AvgIpc) is 2.81. The summed E-state index contributed by atoms with van der Waals surface area (Å²) in [5.74, 6) is -1.07. The molecule has 1 fully saturated rings. The molecule has 98 valence electrons. The number of amides is 1. The van der Waals surface area contributed by atoms with Crippen molar-refractivity contribution in [3.63, 3.8) is 0 Å². The quantitative estimate of drug-likeness (QED) is 0.875. The summed E-state index contributed by atoms with van der Waals surface area (Å²) in [4.78, 5) is 24.8. The van der Waals surface area contributed by atoms with Crippen molar-refractivity contribution in [3.8, 4) is 0 Å². The number of furan rings is 1. The number of hydrogen-bond donors (Lipinski definition) is 1. The molecule has 1 saturated heterocycles. The van der Waals surface area contributed by atoms with Gasteiger partial charge in [-0.2, -0.15) is 0 Å². The maximum atomic E-state index is 12.3. The number of nitrogens with zero attached hydrogens (tertiary/aromatic N) is 1. The zero-order valence-corrected chi connectivity index (χ0v) is 10.8. The van der Waals surface area contributed by atoms with E-state index in [4.69, 9.17) is 9.52 Å². The lowest BCUT2D eigenvalue weighted by Gasteiger charge is -2.30. The zero-order chi connectivity index (χ0) is 13.5. The molecule has 5 heteroatoms. The van der Waals surface area contributed by atoms with Crippen LogP contribution < -0.4 is 0 Å². The number of carboxylic acid groups (broad SMARTS) is 1. The molecule has 0 spiro atoms.